The van der Waals surface area contributed by atoms with Crippen molar-refractivity contribution in [3.63, 3.8) is 0 Å². The van der Waals surface area contributed by atoms with Crippen LogP contribution in [-0.2, 0) is 4.79 Å². The summed E-state index contributed by atoms with van der Waals surface area (Å²) in [7, 11) is 0. The van der Waals surface area contributed by atoms with Crippen LogP contribution in [0.4, 0.5) is 0 Å². The number of carbonyl (C=O) groups is 2. The molecule has 2 N–H and O–H groups in total. The number of nitrogens with one attached hydrogen (secondary N) is 1. The zero-order valence-electron chi connectivity index (χ0n) is 16.7. The fraction of sp³-hybridized carbons (Fsp3) is 0.348. The lowest BCUT2D eigenvalue weighted by Gasteiger charge is -2.22. The van der Waals surface area contributed by atoms with Crippen LogP contribution in [-0.4, -0.2) is 27.6 Å². The Hall–Kier alpha value is -3.33. The smallest absolute Gasteiger partial charge is 0.335 e. The Morgan fingerprint density at radius 2 is 1.83 bits per heavy atom. The number of carboxylic acids is 1. The third-order valence-electron chi connectivity index (χ3n) is 5.45. The number of carboxylic acid groups (broad SMARTS) is 1. The molecule has 1 fully saturated rings. The lowest BCUT2D eigenvalue weighted by atomic mass is 9.95. The van der Waals surface area contributed by atoms with Crippen molar-refractivity contribution in [3.8, 4) is 11.8 Å². The van der Waals surface area contributed by atoms with Gasteiger partial charge in [-0.15, -0.1) is 0 Å². The van der Waals surface area contributed by atoms with E-state index in [-0.39, 0.29) is 23.1 Å². The largest absolute Gasteiger partial charge is 0.478 e. The standard InChI is InChI=1S/C23H25N3O3/c1-15-12-18(13-19(14-24)22(27)25-20-6-4-3-5-7-20)16(2)26(15)21-10-8-17(9-11-21)23(28)29/h8-13,20H,3-7H2,1-2H3,(H,25,27)(H,28,29)/b19-13+. The molecule has 150 valence electrons. The molecule has 1 aliphatic carbocycles. The molecule has 1 heterocycles. The number of aryl methyl sites for hydroxylation is 1. The SMILES string of the molecule is Cc1cc(/C=C(\C#N)C(=O)NC2CCCCC2)c(C)n1-c1ccc(C(=O)O)cc1. The lowest BCUT2D eigenvalue weighted by molar-refractivity contribution is -0.117. The van der Waals surface area contributed by atoms with E-state index in [1.807, 2.05) is 30.6 Å². The van der Waals surface area contributed by atoms with Gasteiger partial charge in [0, 0.05) is 23.1 Å². The molecule has 0 spiro atoms. The molecule has 0 unspecified atom stereocenters. The average Bonchev–Trinajstić information content (AvgIpc) is 2.99. The second-order valence-electron chi connectivity index (χ2n) is 7.49. The molecule has 1 aliphatic rings. The Bertz CT molecular complexity index is 988. The number of hydrogen-bond acceptors (Lipinski definition) is 3. The first kappa shape index (κ1) is 20.4. The highest BCUT2D eigenvalue weighted by molar-refractivity contribution is 6.02. The van der Waals surface area contributed by atoms with Crippen molar-refractivity contribution in [3.05, 3.63) is 58.4 Å². The molecule has 29 heavy (non-hydrogen) atoms. The van der Waals surface area contributed by atoms with E-state index in [2.05, 4.69) is 5.32 Å². The van der Waals surface area contributed by atoms with E-state index in [0.717, 1.165) is 48.3 Å². The molecular formula is C23H25N3O3. The third kappa shape index (κ3) is 4.57. The van der Waals surface area contributed by atoms with Crippen LogP contribution in [0.5, 0.6) is 0 Å². The molecule has 3 rings (SSSR count). The summed E-state index contributed by atoms with van der Waals surface area (Å²) in [6, 6.07) is 10.7. The predicted octanol–water partition coefficient (Wildman–Crippen LogP) is 4.15. The minimum atomic E-state index is -0.969. The average molecular weight is 391 g/mol. The van der Waals surface area contributed by atoms with Gasteiger partial charge < -0.3 is 15.0 Å². The second-order valence-corrected chi connectivity index (χ2v) is 7.49. The van der Waals surface area contributed by atoms with Crippen LogP contribution in [0.1, 0.15) is 59.4 Å². The maximum absolute atomic E-state index is 12.6. The van der Waals surface area contributed by atoms with Crippen molar-refractivity contribution in [1.29, 1.82) is 5.26 Å². The first-order chi connectivity index (χ1) is 13.9. The highest BCUT2D eigenvalue weighted by Crippen LogP contribution is 2.24. The minimum Gasteiger partial charge on any atom is -0.478 e. The van der Waals surface area contributed by atoms with Gasteiger partial charge in [0.05, 0.1) is 5.56 Å². The molecule has 1 amide bonds. The van der Waals surface area contributed by atoms with Crippen molar-refractivity contribution in [2.24, 2.45) is 0 Å². The summed E-state index contributed by atoms with van der Waals surface area (Å²) in [5.41, 5.74) is 3.75. The Balaban J connectivity index is 1.86. The summed E-state index contributed by atoms with van der Waals surface area (Å²) in [5, 5.41) is 21.6. The number of rotatable bonds is 5. The first-order valence-corrected chi connectivity index (χ1v) is 9.86. The number of nitriles is 1. The van der Waals surface area contributed by atoms with Crippen LogP contribution in [0.25, 0.3) is 11.8 Å². The van der Waals surface area contributed by atoms with Gasteiger partial charge in [0.2, 0.25) is 0 Å². The van der Waals surface area contributed by atoms with E-state index in [4.69, 9.17) is 5.11 Å². The number of benzene rings is 1. The van der Waals surface area contributed by atoms with E-state index < -0.39 is 5.97 Å². The molecule has 1 aromatic heterocycles. The van der Waals surface area contributed by atoms with Crippen molar-refractivity contribution >= 4 is 18.0 Å². The Labute approximate surface area is 170 Å². The van der Waals surface area contributed by atoms with E-state index in [9.17, 15) is 14.9 Å². The van der Waals surface area contributed by atoms with Crippen molar-refractivity contribution in [2.75, 3.05) is 0 Å². The van der Waals surface area contributed by atoms with Crippen molar-refractivity contribution in [1.82, 2.24) is 9.88 Å². The summed E-state index contributed by atoms with van der Waals surface area (Å²) in [4.78, 5) is 23.6. The molecule has 6 heteroatoms. The van der Waals surface area contributed by atoms with Crippen LogP contribution < -0.4 is 5.32 Å². The molecule has 2 aromatic rings. The number of aromatic nitrogens is 1. The van der Waals surface area contributed by atoms with E-state index in [0.29, 0.717) is 0 Å². The van der Waals surface area contributed by atoms with E-state index in [1.54, 1.807) is 30.3 Å². The van der Waals surface area contributed by atoms with Gasteiger partial charge in [-0.25, -0.2) is 4.79 Å². The molecular weight excluding hydrogens is 366 g/mol. The fourth-order valence-corrected chi connectivity index (χ4v) is 3.90. The van der Waals surface area contributed by atoms with Gasteiger partial charge in [0.25, 0.3) is 5.91 Å². The zero-order chi connectivity index (χ0) is 21.0. The second kappa shape index (κ2) is 8.78. The van der Waals surface area contributed by atoms with E-state index in [1.165, 1.54) is 6.42 Å². The Morgan fingerprint density at radius 1 is 1.17 bits per heavy atom. The van der Waals surface area contributed by atoms with Gasteiger partial charge in [-0.3, -0.25) is 4.79 Å². The Kier molecular flexibility index (Phi) is 6.18. The molecule has 1 saturated carbocycles. The number of aromatic carboxylic acids is 1. The lowest BCUT2D eigenvalue weighted by Crippen LogP contribution is -2.36. The van der Waals surface area contributed by atoms with Crippen LogP contribution in [0, 0.1) is 25.2 Å². The maximum Gasteiger partial charge on any atom is 0.335 e. The summed E-state index contributed by atoms with van der Waals surface area (Å²) in [5.74, 6) is -1.29. The highest BCUT2D eigenvalue weighted by Gasteiger charge is 2.19. The molecule has 0 aliphatic heterocycles. The normalized spacial score (nSPS) is 15.0. The topological polar surface area (TPSA) is 95.1 Å². The van der Waals surface area contributed by atoms with E-state index >= 15 is 0 Å². The summed E-state index contributed by atoms with van der Waals surface area (Å²) >= 11 is 0. The van der Waals surface area contributed by atoms with Gasteiger partial charge in [-0.1, -0.05) is 19.3 Å². The van der Waals surface area contributed by atoms with Gasteiger partial charge >= 0.3 is 5.97 Å². The maximum atomic E-state index is 12.6. The molecule has 0 saturated heterocycles. The van der Waals surface area contributed by atoms with Gasteiger partial charge in [-0.05, 0) is 68.7 Å². The highest BCUT2D eigenvalue weighted by atomic mass is 16.4. The molecule has 0 bridgehead atoms. The summed E-state index contributed by atoms with van der Waals surface area (Å²) in [6.07, 6.45) is 6.97. The Morgan fingerprint density at radius 3 is 2.41 bits per heavy atom. The number of amides is 1. The number of hydrogen-bond donors (Lipinski definition) is 2. The van der Waals surface area contributed by atoms with Crippen LogP contribution in [0.2, 0.25) is 0 Å². The van der Waals surface area contributed by atoms with Crippen LogP contribution in [0.15, 0.2) is 35.9 Å². The molecule has 6 nitrogen and oxygen atoms in total. The van der Waals surface area contributed by atoms with Crippen molar-refractivity contribution < 1.29 is 14.7 Å². The summed E-state index contributed by atoms with van der Waals surface area (Å²) in [6.45, 7) is 3.85. The molecule has 0 radical (unpaired) electrons. The fourth-order valence-electron chi connectivity index (χ4n) is 3.90. The quantitative estimate of drug-likeness (QED) is 0.591. The number of nitrogens with zero attached hydrogens (tertiary/aromatic N) is 2. The molecule has 1 aromatic carbocycles. The van der Waals surface area contributed by atoms with Gasteiger partial charge in [0.1, 0.15) is 11.6 Å². The van der Waals surface area contributed by atoms with Gasteiger partial charge in [0.15, 0.2) is 0 Å². The monoisotopic (exact) mass is 391 g/mol. The van der Waals surface area contributed by atoms with Crippen LogP contribution >= 0.6 is 0 Å². The zero-order valence-corrected chi connectivity index (χ0v) is 16.7. The van der Waals surface area contributed by atoms with Crippen LogP contribution in [0.3, 0.4) is 0 Å². The van der Waals surface area contributed by atoms with Crippen molar-refractivity contribution in [2.45, 2.75) is 52.0 Å². The predicted molar refractivity (Wildman–Crippen MR) is 111 cm³/mol. The molecule has 0 atom stereocenters. The first-order valence-electron chi connectivity index (χ1n) is 9.86. The number of carbonyl (C=O) groups excluding carboxylic acids is 1. The van der Waals surface area contributed by atoms with Gasteiger partial charge in [-0.2, -0.15) is 5.26 Å². The minimum absolute atomic E-state index is 0.0945. The third-order valence-corrected chi connectivity index (χ3v) is 5.45. The summed E-state index contributed by atoms with van der Waals surface area (Å²) < 4.78 is 1.98.